The van der Waals surface area contributed by atoms with Crippen LogP contribution in [0.15, 0.2) is 30.3 Å². The third kappa shape index (κ3) is 4.39. The van der Waals surface area contributed by atoms with Gasteiger partial charge in [0.2, 0.25) is 0 Å². The second kappa shape index (κ2) is 7.36. The summed E-state index contributed by atoms with van der Waals surface area (Å²) in [5, 5.41) is 12.4. The van der Waals surface area contributed by atoms with Crippen molar-refractivity contribution >= 4 is 11.8 Å². The fourth-order valence-corrected chi connectivity index (χ4v) is 3.03. The molecule has 4 heteroatoms. The van der Waals surface area contributed by atoms with Crippen molar-refractivity contribution in [2.75, 3.05) is 0 Å². The molecule has 1 saturated carbocycles. The molecule has 1 aromatic rings. The average Bonchev–Trinajstić information content (AvgIpc) is 2.48. The highest BCUT2D eigenvalue weighted by Crippen LogP contribution is 2.24. The molecular weight excluding hydrogens is 266 g/mol. The molecule has 2 N–H and O–H groups in total. The molecule has 4 nitrogen and oxygen atoms in total. The number of aliphatic carboxylic acids is 1. The van der Waals surface area contributed by atoms with Crippen LogP contribution in [0.3, 0.4) is 0 Å². The molecular formula is C17H23NO3. The quantitative estimate of drug-likeness (QED) is 0.790. The third-order valence-corrected chi connectivity index (χ3v) is 4.28. The van der Waals surface area contributed by atoms with Gasteiger partial charge in [0.1, 0.15) is 0 Å². The highest BCUT2D eigenvalue weighted by Gasteiger charge is 2.29. The summed E-state index contributed by atoms with van der Waals surface area (Å²) in [6.07, 6.45) is 4.34. The van der Waals surface area contributed by atoms with Crippen molar-refractivity contribution in [2.45, 2.75) is 51.1 Å². The minimum absolute atomic E-state index is 0.129. The molecule has 0 heterocycles. The lowest BCUT2D eigenvalue weighted by molar-refractivity contribution is -0.137. The Morgan fingerprint density at radius 1 is 1.24 bits per heavy atom. The van der Waals surface area contributed by atoms with E-state index in [2.05, 4.69) is 12.2 Å². The van der Waals surface area contributed by atoms with Gasteiger partial charge in [-0.15, -0.1) is 0 Å². The van der Waals surface area contributed by atoms with Crippen LogP contribution in [0.4, 0.5) is 0 Å². The Morgan fingerprint density at radius 3 is 2.52 bits per heavy atom. The molecule has 21 heavy (non-hydrogen) atoms. The van der Waals surface area contributed by atoms with E-state index in [-0.39, 0.29) is 18.2 Å². The number of carbonyl (C=O) groups excluding carboxylic acids is 1. The zero-order valence-corrected chi connectivity index (χ0v) is 12.4. The summed E-state index contributed by atoms with van der Waals surface area (Å²) in [6.45, 7) is 2.17. The van der Waals surface area contributed by atoms with Crippen LogP contribution in [0, 0.1) is 5.92 Å². The summed E-state index contributed by atoms with van der Waals surface area (Å²) < 4.78 is 0. The topological polar surface area (TPSA) is 66.4 Å². The normalized spacial score (nSPS) is 23.5. The summed E-state index contributed by atoms with van der Waals surface area (Å²) in [5.41, 5.74) is 0.569. The maximum absolute atomic E-state index is 12.5. The van der Waals surface area contributed by atoms with E-state index in [9.17, 15) is 9.59 Å². The number of carboxylic acid groups (broad SMARTS) is 1. The highest BCUT2D eigenvalue weighted by atomic mass is 16.4. The van der Waals surface area contributed by atoms with Gasteiger partial charge in [0.25, 0.3) is 0 Å². The van der Waals surface area contributed by atoms with Gasteiger partial charge < -0.3 is 10.4 Å². The van der Waals surface area contributed by atoms with E-state index in [1.54, 1.807) is 24.3 Å². The maximum Gasteiger partial charge on any atom is 0.305 e. The number of hydrogen-bond acceptors (Lipinski definition) is 3. The SMILES string of the molecule is CC1CCCCC1NC(CC(=O)O)C(=O)c1ccccc1. The van der Waals surface area contributed by atoms with E-state index in [1.807, 2.05) is 6.07 Å². The van der Waals surface area contributed by atoms with E-state index < -0.39 is 12.0 Å². The van der Waals surface area contributed by atoms with Crippen molar-refractivity contribution in [3.05, 3.63) is 35.9 Å². The third-order valence-electron chi connectivity index (χ3n) is 4.28. The first-order chi connectivity index (χ1) is 10.1. The molecule has 1 aliphatic carbocycles. The van der Waals surface area contributed by atoms with Crippen LogP contribution in [0.1, 0.15) is 49.4 Å². The highest BCUT2D eigenvalue weighted by molar-refractivity contribution is 6.01. The van der Waals surface area contributed by atoms with Crippen LogP contribution >= 0.6 is 0 Å². The summed E-state index contributed by atoms with van der Waals surface area (Å²) in [6, 6.07) is 8.51. The number of nitrogens with one attached hydrogen (secondary N) is 1. The van der Waals surface area contributed by atoms with Crippen molar-refractivity contribution in [3.8, 4) is 0 Å². The van der Waals surface area contributed by atoms with Gasteiger partial charge in [-0.05, 0) is 18.8 Å². The molecule has 0 aliphatic heterocycles. The monoisotopic (exact) mass is 289 g/mol. The molecule has 0 saturated heterocycles. The summed E-state index contributed by atoms with van der Waals surface area (Å²) in [5.74, 6) is -0.588. The molecule has 0 radical (unpaired) electrons. The van der Waals surface area contributed by atoms with Gasteiger partial charge in [0, 0.05) is 11.6 Å². The molecule has 114 valence electrons. The van der Waals surface area contributed by atoms with Crippen LogP contribution < -0.4 is 5.32 Å². The molecule has 0 spiro atoms. The van der Waals surface area contributed by atoms with E-state index >= 15 is 0 Å². The number of benzene rings is 1. The van der Waals surface area contributed by atoms with Crippen molar-refractivity contribution in [1.29, 1.82) is 0 Å². The van der Waals surface area contributed by atoms with E-state index in [0.29, 0.717) is 11.5 Å². The lowest BCUT2D eigenvalue weighted by Gasteiger charge is -2.32. The van der Waals surface area contributed by atoms with Crippen LogP contribution in [-0.4, -0.2) is 28.9 Å². The van der Waals surface area contributed by atoms with Gasteiger partial charge in [-0.2, -0.15) is 0 Å². The molecule has 2 rings (SSSR count). The molecule has 1 aromatic carbocycles. The Balaban J connectivity index is 2.10. The smallest absolute Gasteiger partial charge is 0.305 e. The summed E-state index contributed by atoms with van der Waals surface area (Å²) in [4.78, 5) is 23.6. The average molecular weight is 289 g/mol. The van der Waals surface area contributed by atoms with E-state index in [0.717, 1.165) is 19.3 Å². The van der Waals surface area contributed by atoms with Crippen molar-refractivity contribution in [3.63, 3.8) is 0 Å². The number of ketones is 1. The summed E-state index contributed by atoms with van der Waals surface area (Å²) in [7, 11) is 0. The Bertz CT molecular complexity index is 486. The minimum Gasteiger partial charge on any atom is -0.481 e. The number of rotatable bonds is 6. The van der Waals surface area contributed by atoms with Crippen molar-refractivity contribution in [2.24, 2.45) is 5.92 Å². The second-order valence-electron chi connectivity index (χ2n) is 5.92. The Hall–Kier alpha value is -1.68. The van der Waals surface area contributed by atoms with Crippen molar-refractivity contribution in [1.82, 2.24) is 5.32 Å². The second-order valence-corrected chi connectivity index (χ2v) is 5.92. The number of carboxylic acids is 1. The predicted molar refractivity (Wildman–Crippen MR) is 81.4 cm³/mol. The molecule has 0 aromatic heterocycles. The zero-order chi connectivity index (χ0) is 15.2. The predicted octanol–water partition coefficient (Wildman–Crippen LogP) is 2.88. The fourth-order valence-electron chi connectivity index (χ4n) is 3.03. The Morgan fingerprint density at radius 2 is 1.90 bits per heavy atom. The largest absolute Gasteiger partial charge is 0.481 e. The lowest BCUT2D eigenvalue weighted by Crippen LogP contribution is -2.48. The van der Waals surface area contributed by atoms with Gasteiger partial charge in [-0.25, -0.2) is 0 Å². The van der Waals surface area contributed by atoms with Gasteiger partial charge >= 0.3 is 5.97 Å². The Labute approximate surface area is 125 Å². The standard InChI is InChI=1S/C17H23NO3/c1-12-7-5-6-10-14(12)18-15(11-16(19)20)17(21)13-8-3-2-4-9-13/h2-4,8-9,12,14-15,18H,5-7,10-11H2,1H3,(H,19,20). The Kier molecular flexibility index (Phi) is 5.51. The molecule has 1 fully saturated rings. The van der Waals surface area contributed by atoms with Gasteiger partial charge in [0.15, 0.2) is 5.78 Å². The van der Waals surface area contributed by atoms with Gasteiger partial charge in [-0.3, -0.25) is 9.59 Å². The molecule has 1 aliphatic rings. The number of carbonyl (C=O) groups is 2. The van der Waals surface area contributed by atoms with E-state index in [4.69, 9.17) is 5.11 Å². The van der Waals surface area contributed by atoms with Crippen molar-refractivity contribution < 1.29 is 14.7 Å². The first-order valence-electron chi connectivity index (χ1n) is 7.65. The first kappa shape index (κ1) is 15.7. The van der Waals surface area contributed by atoms with Crippen LogP contribution in [-0.2, 0) is 4.79 Å². The lowest BCUT2D eigenvalue weighted by atomic mass is 9.85. The minimum atomic E-state index is -0.944. The maximum atomic E-state index is 12.5. The van der Waals surface area contributed by atoms with Gasteiger partial charge in [0.05, 0.1) is 12.5 Å². The zero-order valence-electron chi connectivity index (χ0n) is 12.4. The number of hydrogen-bond donors (Lipinski definition) is 2. The molecule has 0 bridgehead atoms. The van der Waals surface area contributed by atoms with Crippen LogP contribution in [0.2, 0.25) is 0 Å². The fraction of sp³-hybridized carbons (Fsp3) is 0.529. The van der Waals surface area contributed by atoms with Crippen LogP contribution in [0.25, 0.3) is 0 Å². The number of Topliss-reactive ketones (excluding diaryl/α,β-unsaturated/α-hetero) is 1. The summed E-state index contributed by atoms with van der Waals surface area (Å²) >= 11 is 0. The van der Waals surface area contributed by atoms with Crippen LogP contribution in [0.5, 0.6) is 0 Å². The van der Waals surface area contributed by atoms with E-state index in [1.165, 1.54) is 6.42 Å². The molecule has 3 atom stereocenters. The molecule has 0 amide bonds. The molecule has 3 unspecified atom stereocenters. The first-order valence-corrected chi connectivity index (χ1v) is 7.65. The van der Waals surface area contributed by atoms with Gasteiger partial charge in [-0.1, -0.05) is 50.1 Å².